The molecule has 1 aliphatic rings. The van der Waals surface area contributed by atoms with Crippen LogP contribution in [0.3, 0.4) is 0 Å². The van der Waals surface area contributed by atoms with E-state index in [0.717, 1.165) is 25.9 Å². The molecule has 0 aromatic carbocycles. The van der Waals surface area contributed by atoms with Crippen LogP contribution in [0.2, 0.25) is 0 Å². The Morgan fingerprint density at radius 3 is 3.16 bits per heavy atom. The predicted octanol–water partition coefficient (Wildman–Crippen LogP) is 2.71. The molecule has 1 N–H and O–H groups in total. The van der Waals surface area contributed by atoms with Crippen LogP contribution >= 0.6 is 11.3 Å². The van der Waals surface area contributed by atoms with Gasteiger partial charge in [-0.3, -0.25) is 9.69 Å². The number of pyridine rings is 1. The van der Waals surface area contributed by atoms with E-state index in [1.807, 2.05) is 12.1 Å². The highest BCUT2D eigenvalue weighted by molar-refractivity contribution is 7.15. The van der Waals surface area contributed by atoms with Gasteiger partial charge >= 0.3 is 0 Å². The number of aromatic nitrogens is 2. The Bertz CT molecular complexity index is 752. The van der Waals surface area contributed by atoms with Gasteiger partial charge in [-0.2, -0.15) is 9.37 Å². The molecule has 0 aliphatic carbocycles. The predicted molar refractivity (Wildman–Crippen MR) is 94.3 cm³/mol. The number of ether oxygens (including phenoxy) is 1. The first-order chi connectivity index (χ1) is 12.0. The van der Waals surface area contributed by atoms with Crippen LogP contribution < -0.4 is 10.1 Å². The van der Waals surface area contributed by atoms with Gasteiger partial charge in [-0.15, -0.1) is 0 Å². The van der Waals surface area contributed by atoms with Crippen molar-refractivity contribution in [3.8, 4) is 5.88 Å². The number of nitrogens with one attached hydrogen (secondary N) is 1. The Balaban J connectivity index is 1.56. The van der Waals surface area contributed by atoms with Crippen molar-refractivity contribution in [2.75, 3.05) is 25.5 Å². The lowest BCUT2D eigenvalue weighted by molar-refractivity contribution is -0.114. The molecule has 0 bridgehead atoms. The Labute approximate surface area is 150 Å². The number of amides is 1. The maximum Gasteiger partial charge on any atom is 0.230 e. The number of methoxy groups -OCH3 is 1. The number of halogens is 1. The summed E-state index contributed by atoms with van der Waals surface area (Å²) in [5.74, 6) is 0.424. The number of hydrogen-bond donors (Lipinski definition) is 1. The van der Waals surface area contributed by atoms with Crippen molar-refractivity contribution in [1.29, 1.82) is 0 Å². The van der Waals surface area contributed by atoms with Gasteiger partial charge in [0.25, 0.3) is 0 Å². The molecular formula is C17H21FN4O2S. The second-order valence-corrected chi connectivity index (χ2v) is 7.30. The fourth-order valence-electron chi connectivity index (χ4n) is 3.08. The molecule has 134 valence electrons. The molecule has 1 unspecified atom stereocenters. The molecule has 1 amide bonds. The summed E-state index contributed by atoms with van der Waals surface area (Å²) < 4.78 is 19.1. The minimum absolute atomic E-state index is 0.241. The fourth-order valence-corrected chi connectivity index (χ4v) is 4.01. The molecule has 2 aromatic rings. The van der Waals surface area contributed by atoms with Gasteiger partial charge in [-0.05, 0) is 36.9 Å². The first-order valence-corrected chi connectivity index (χ1v) is 8.99. The van der Waals surface area contributed by atoms with Crippen molar-refractivity contribution >= 4 is 22.4 Å². The summed E-state index contributed by atoms with van der Waals surface area (Å²) in [5, 5.41) is 2.85. The molecule has 3 heterocycles. The van der Waals surface area contributed by atoms with Gasteiger partial charge in [0.1, 0.15) is 0 Å². The Morgan fingerprint density at radius 1 is 1.56 bits per heavy atom. The van der Waals surface area contributed by atoms with Gasteiger partial charge in [0, 0.05) is 32.3 Å². The fraction of sp³-hybridized carbons (Fsp3) is 0.471. The molecule has 25 heavy (non-hydrogen) atoms. The van der Waals surface area contributed by atoms with E-state index in [1.165, 1.54) is 23.8 Å². The van der Waals surface area contributed by atoms with E-state index in [0.29, 0.717) is 28.4 Å². The summed E-state index contributed by atoms with van der Waals surface area (Å²) in [6, 6.07) is 3.97. The number of likely N-dealkylation sites (tertiary alicyclic amines) is 1. The van der Waals surface area contributed by atoms with Gasteiger partial charge in [0.05, 0.1) is 12.0 Å². The molecular weight excluding hydrogens is 343 g/mol. The average Bonchev–Trinajstić information content (AvgIpc) is 3.14. The first-order valence-electron chi connectivity index (χ1n) is 8.17. The number of anilines is 1. The molecule has 0 radical (unpaired) electrons. The second-order valence-electron chi connectivity index (χ2n) is 6.21. The number of carbonyl (C=O) groups is 1. The van der Waals surface area contributed by atoms with Gasteiger partial charge < -0.3 is 10.1 Å². The van der Waals surface area contributed by atoms with E-state index in [9.17, 15) is 9.18 Å². The Morgan fingerprint density at radius 2 is 2.40 bits per heavy atom. The number of thiazole rings is 1. The summed E-state index contributed by atoms with van der Waals surface area (Å²) in [6.45, 7) is 3.76. The maximum absolute atomic E-state index is 13.9. The van der Waals surface area contributed by atoms with E-state index < -0.39 is 5.95 Å². The van der Waals surface area contributed by atoms with Crippen LogP contribution in [0.15, 0.2) is 18.3 Å². The van der Waals surface area contributed by atoms with Crippen molar-refractivity contribution in [1.82, 2.24) is 14.9 Å². The number of nitrogens with zero attached hydrogens (tertiary/aromatic N) is 3. The van der Waals surface area contributed by atoms with Crippen molar-refractivity contribution in [3.63, 3.8) is 0 Å². The summed E-state index contributed by atoms with van der Waals surface area (Å²) in [5.41, 5.74) is 1.20. The second kappa shape index (κ2) is 7.88. The monoisotopic (exact) mass is 364 g/mol. The van der Waals surface area contributed by atoms with Gasteiger partial charge in [0.15, 0.2) is 5.13 Å². The third-order valence-corrected chi connectivity index (χ3v) is 5.13. The highest BCUT2D eigenvalue weighted by Gasteiger charge is 2.25. The molecule has 0 saturated carbocycles. The normalized spacial score (nSPS) is 17.6. The zero-order chi connectivity index (χ0) is 17.8. The SMILES string of the molecule is COc1cc(CC2CCN(Cc3sc(NC(C)=O)nc3F)C2)ccn1. The number of rotatable bonds is 6. The lowest BCUT2D eigenvalue weighted by Gasteiger charge is -2.15. The Hall–Kier alpha value is -2.06. The molecule has 1 atom stereocenters. The largest absolute Gasteiger partial charge is 0.481 e. The minimum Gasteiger partial charge on any atom is -0.481 e. The Kier molecular flexibility index (Phi) is 5.60. The molecule has 3 rings (SSSR count). The van der Waals surface area contributed by atoms with Crippen molar-refractivity contribution in [2.24, 2.45) is 5.92 Å². The highest BCUT2D eigenvalue weighted by Crippen LogP contribution is 2.27. The highest BCUT2D eigenvalue weighted by atomic mass is 32.1. The van der Waals surface area contributed by atoms with Crippen LogP contribution in [0.25, 0.3) is 0 Å². The summed E-state index contributed by atoms with van der Waals surface area (Å²) in [6.07, 6.45) is 3.79. The van der Waals surface area contributed by atoms with Crippen LogP contribution in [-0.4, -0.2) is 41.0 Å². The summed E-state index contributed by atoms with van der Waals surface area (Å²) in [7, 11) is 1.61. The third-order valence-electron chi connectivity index (χ3n) is 4.20. The lowest BCUT2D eigenvalue weighted by Crippen LogP contribution is -2.20. The zero-order valence-corrected chi connectivity index (χ0v) is 15.1. The molecule has 0 spiro atoms. The zero-order valence-electron chi connectivity index (χ0n) is 14.3. The molecule has 6 nitrogen and oxygen atoms in total. The number of hydrogen-bond acceptors (Lipinski definition) is 6. The molecule has 1 aliphatic heterocycles. The molecule has 1 fully saturated rings. The van der Waals surface area contributed by atoms with Crippen LogP contribution in [0.1, 0.15) is 23.8 Å². The molecule has 2 aromatic heterocycles. The first kappa shape index (κ1) is 17.8. The van der Waals surface area contributed by atoms with E-state index >= 15 is 0 Å². The third kappa shape index (κ3) is 4.73. The van der Waals surface area contributed by atoms with Crippen molar-refractivity contribution < 1.29 is 13.9 Å². The van der Waals surface area contributed by atoms with Gasteiger partial charge in [0.2, 0.25) is 17.7 Å². The molecule has 1 saturated heterocycles. The van der Waals surface area contributed by atoms with Gasteiger partial charge in [-0.1, -0.05) is 11.3 Å². The van der Waals surface area contributed by atoms with Crippen molar-refractivity contribution in [3.05, 3.63) is 34.7 Å². The van der Waals surface area contributed by atoms with E-state index in [4.69, 9.17) is 4.74 Å². The average molecular weight is 364 g/mol. The van der Waals surface area contributed by atoms with Gasteiger partial charge in [-0.25, -0.2) is 4.98 Å². The van der Waals surface area contributed by atoms with E-state index in [1.54, 1.807) is 13.3 Å². The lowest BCUT2D eigenvalue weighted by atomic mass is 9.99. The standard InChI is InChI=1S/C17H21FN4O2S/c1-11(23)20-17-21-16(18)14(25-17)10-22-6-4-13(9-22)7-12-3-5-19-15(8-12)24-2/h3,5,8,13H,4,6-7,9-10H2,1-2H3,(H,20,21,23). The summed E-state index contributed by atoms with van der Waals surface area (Å²) >= 11 is 1.20. The molecule has 8 heteroatoms. The van der Waals surface area contributed by atoms with Crippen LogP contribution in [0, 0.1) is 11.9 Å². The maximum atomic E-state index is 13.9. The van der Waals surface area contributed by atoms with E-state index in [2.05, 4.69) is 20.2 Å². The quantitative estimate of drug-likeness (QED) is 0.854. The topological polar surface area (TPSA) is 67.3 Å². The summed E-state index contributed by atoms with van der Waals surface area (Å²) in [4.78, 5) is 21.7. The smallest absolute Gasteiger partial charge is 0.230 e. The number of carbonyl (C=O) groups excluding carboxylic acids is 1. The minimum atomic E-state index is -0.490. The van der Waals surface area contributed by atoms with Crippen LogP contribution in [0.5, 0.6) is 5.88 Å². The van der Waals surface area contributed by atoms with Crippen molar-refractivity contribution in [2.45, 2.75) is 26.3 Å². The van der Waals surface area contributed by atoms with Crippen LogP contribution in [0.4, 0.5) is 9.52 Å². The van der Waals surface area contributed by atoms with E-state index in [-0.39, 0.29) is 5.91 Å². The van der Waals surface area contributed by atoms with Crippen LogP contribution in [-0.2, 0) is 17.8 Å².